The molecule has 0 fully saturated rings. The number of benzene rings is 1. The monoisotopic (exact) mass is 311 g/mol. The maximum Gasteiger partial charge on any atom is 0.340 e. The van der Waals surface area contributed by atoms with E-state index in [9.17, 15) is 4.79 Å². The average Bonchev–Trinajstić information content (AvgIpc) is 2.37. The first-order valence-corrected chi connectivity index (χ1v) is 6.60. The average molecular weight is 312 g/mol. The Morgan fingerprint density at radius 2 is 2.25 bits per heavy atom. The van der Waals surface area contributed by atoms with Crippen LogP contribution in [0.3, 0.4) is 0 Å². The summed E-state index contributed by atoms with van der Waals surface area (Å²) in [5.41, 5.74) is 0.784. The van der Waals surface area contributed by atoms with Crippen molar-refractivity contribution in [3.8, 4) is 12.3 Å². The molecule has 1 N–H and O–H groups in total. The van der Waals surface area contributed by atoms with Gasteiger partial charge in [0.2, 0.25) is 0 Å². The highest BCUT2D eigenvalue weighted by Gasteiger charge is 2.13. The highest BCUT2D eigenvalue weighted by Crippen LogP contribution is 2.21. The standard InChI is InChI=1S/C14H14ClNO3S/c1-4-7-18-13(17)11-8-10(5-6-12(11)15)16-14(20)19-9(2)3/h1,5-6,8-9H,7H2,2-3H3,(H,16,20). The third kappa shape index (κ3) is 5.08. The summed E-state index contributed by atoms with van der Waals surface area (Å²) in [4.78, 5) is 11.7. The minimum atomic E-state index is -0.590. The molecule has 0 unspecified atom stereocenters. The molecule has 20 heavy (non-hydrogen) atoms. The molecular weight excluding hydrogens is 298 g/mol. The van der Waals surface area contributed by atoms with Crippen LogP contribution >= 0.6 is 23.8 Å². The van der Waals surface area contributed by atoms with Crippen LogP contribution < -0.4 is 5.32 Å². The number of nitrogens with one attached hydrogen (secondary N) is 1. The molecule has 0 radical (unpaired) electrons. The van der Waals surface area contributed by atoms with Gasteiger partial charge < -0.3 is 14.8 Å². The summed E-state index contributed by atoms with van der Waals surface area (Å²) in [6, 6.07) is 4.77. The van der Waals surface area contributed by atoms with Crippen molar-refractivity contribution < 1.29 is 14.3 Å². The first-order valence-electron chi connectivity index (χ1n) is 5.81. The molecule has 0 spiro atoms. The number of carbonyl (C=O) groups excluding carboxylic acids is 1. The second-order valence-corrected chi connectivity index (χ2v) is 4.83. The maximum absolute atomic E-state index is 11.7. The van der Waals surface area contributed by atoms with Crippen molar-refractivity contribution in [3.63, 3.8) is 0 Å². The molecule has 0 saturated heterocycles. The molecular formula is C14H14ClNO3S. The SMILES string of the molecule is C#CCOC(=O)c1cc(NC(=S)OC(C)C)ccc1Cl. The Morgan fingerprint density at radius 3 is 2.85 bits per heavy atom. The van der Waals surface area contributed by atoms with E-state index >= 15 is 0 Å². The number of hydrogen-bond acceptors (Lipinski definition) is 4. The fraction of sp³-hybridized carbons (Fsp3) is 0.286. The topological polar surface area (TPSA) is 47.6 Å². The zero-order valence-electron chi connectivity index (χ0n) is 11.1. The molecule has 1 aromatic carbocycles. The summed E-state index contributed by atoms with van der Waals surface area (Å²) in [7, 11) is 0. The van der Waals surface area contributed by atoms with Crippen LogP contribution in [0.25, 0.3) is 0 Å². The number of halogens is 1. The van der Waals surface area contributed by atoms with Crippen LogP contribution in [-0.4, -0.2) is 23.9 Å². The van der Waals surface area contributed by atoms with Gasteiger partial charge in [-0.1, -0.05) is 17.5 Å². The number of carbonyl (C=O) groups is 1. The zero-order chi connectivity index (χ0) is 15.1. The first kappa shape index (κ1) is 16.3. The van der Waals surface area contributed by atoms with Crippen LogP contribution in [0.15, 0.2) is 18.2 Å². The largest absolute Gasteiger partial charge is 0.468 e. The number of thiocarbonyl (C=S) groups is 1. The Balaban J connectivity index is 2.83. The van der Waals surface area contributed by atoms with Crippen molar-refractivity contribution in [2.24, 2.45) is 0 Å². The zero-order valence-corrected chi connectivity index (χ0v) is 12.7. The van der Waals surface area contributed by atoms with Crippen molar-refractivity contribution >= 4 is 40.7 Å². The van der Waals surface area contributed by atoms with E-state index in [2.05, 4.69) is 11.2 Å². The normalized spacial score (nSPS) is 9.75. The second-order valence-electron chi connectivity index (χ2n) is 4.05. The number of ether oxygens (including phenoxy) is 2. The second kappa shape index (κ2) is 7.73. The van der Waals surface area contributed by atoms with Crippen LogP contribution in [0.4, 0.5) is 5.69 Å². The molecule has 0 aromatic heterocycles. The molecule has 1 aromatic rings. The molecule has 1 rings (SSSR count). The minimum absolute atomic E-state index is 0.0395. The number of hydrogen-bond donors (Lipinski definition) is 1. The van der Waals surface area contributed by atoms with Gasteiger partial charge in [-0.3, -0.25) is 0 Å². The number of rotatable bonds is 4. The van der Waals surface area contributed by atoms with E-state index in [1.54, 1.807) is 12.1 Å². The predicted octanol–water partition coefficient (Wildman–Crippen LogP) is 3.25. The van der Waals surface area contributed by atoms with Crippen LogP contribution in [0.5, 0.6) is 0 Å². The van der Waals surface area contributed by atoms with Gasteiger partial charge in [-0.15, -0.1) is 6.42 Å². The molecule has 0 saturated carbocycles. The summed E-state index contributed by atoms with van der Waals surface area (Å²) >= 11 is 11.0. The van der Waals surface area contributed by atoms with Gasteiger partial charge in [-0.2, -0.15) is 0 Å². The van der Waals surface area contributed by atoms with Gasteiger partial charge in [-0.25, -0.2) is 4.79 Å². The molecule has 106 valence electrons. The van der Waals surface area contributed by atoms with Crippen molar-refractivity contribution in [1.82, 2.24) is 0 Å². The summed E-state index contributed by atoms with van der Waals surface area (Å²) in [5.74, 6) is 1.62. The Bertz CT molecular complexity index is 552. The van der Waals surface area contributed by atoms with E-state index in [1.807, 2.05) is 13.8 Å². The fourth-order valence-electron chi connectivity index (χ4n) is 1.31. The third-order valence-corrected chi connectivity index (χ3v) is 2.59. The van der Waals surface area contributed by atoms with Gasteiger partial charge in [-0.05, 0) is 44.3 Å². The summed E-state index contributed by atoms with van der Waals surface area (Å²) < 4.78 is 10.1. The molecule has 0 aliphatic heterocycles. The Morgan fingerprint density at radius 1 is 1.55 bits per heavy atom. The van der Waals surface area contributed by atoms with Crippen molar-refractivity contribution in [2.45, 2.75) is 20.0 Å². The highest BCUT2D eigenvalue weighted by molar-refractivity contribution is 7.80. The fourth-order valence-corrected chi connectivity index (χ4v) is 1.81. The van der Waals surface area contributed by atoms with Crippen LogP contribution in [0.2, 0.25) is 5.02 Å². The van der Waals surface area contributed by atoms with E-state index < -0.39 is 5.97 Å². The molecule has 0 heterocycles. The first-order chi connectivity index (χ1) is 9.43. The van der Waals surface area contributed by atoms with Crippen molar-refractivity contribution in [2.75, 3.05) is 11.9 Å². The number of anilines is 1. The highest BCUT2D eigenvalue weighted by atomic mass is 35.5. The Labute approximate surface area is 128 Å². The van der Waals surface area contributed by atoms with Gasteiger partial charge in [0.1, 0.15) is 0 Å². The lowest BCUT2D eigenvalue weighted by atomic mass is 10.2. The van der Waals surface area contributed by atoms with Gasteiger partial charge in [0.25, 0.3) is 5.17 Å². The molecule has 4 nitrogen and oxygen atoms in total. The van der Waals surface area contributed by atoms with Crippen molar-refractivity contribution in [1.29, 1.82) is 0 Å². The number of terminal acetylenes is 1. The van der Waals surface area contributed by atoms with Gasteiger partial charge in [0.15, 0.2) is 6.61 Å². The van der Waals surface area contributed by atoms with Gasteiger partial charge in [0.05, 0.1) is 16.7 Å². The summed E-state index contributed by atoms with van der Waals surface area (Å²) in [5, 5.41) is 3.34. The number of esters is 1. The quantitative estimate of drug-likeness (QED) is 0.525. The lowest BCUT2D eigenvalue weighted by Crippen LogP contribution is -2.18. The lowest BCUT2D eigenvalue weighted by molar-refractivity contribution is 0.0557. The summed E-state index contributed by atoms with van der Waals surface area (Å²) in [6.07, 6.45) is 4.99. The molecule has 0 aliphatic carbocycles. The smallest absolute Gasteiger partial charge is 0.340 e. The molecule has 0 aliphatic rings. The predicted molar refractivity (Wildman–Crippen MR) is 83.0 cm³/mol. The lowest BCUT2D eigenvalue weighted by Gasteiger charge is -2.13. The van der Waals surface area contributed by atoms with Crippen LogP contribution in [0, 0.1) is 12.3 Å². The van der Waals surface area contributed by atoms with E-state index in [0.717, 1.165) is 0 Å². The maximum atomic E-state index is 11.7. The summed E-state index contributed by atoms with van der Waals surface area (Å²) in [6.45, 7) is 3.61. The molecule has 0 bridgehead atoms. The molecule has 0 amide bonds. The van der Waals surface area contributed by atoms with E-state index in [-0.39, 0.29) is 28.5 Å². The van der Waals surface area contributed by atoms with E-state index in [0.29, 0.717) is 5.69 Å². The minimum Gasteiger partial charge on any atom is -0.468 e. The van der Waals surface area contributed by atoms with E-state index in [4.69, 9.17) is 39.7 Å². The third-order valence-electron chi connectivity index (χ3n) is 2.06. The van der Waals surface area contributed by atoms with Crippen LogP contribution in [0.1, 0.15) is 24.2 Å². The Hall–Kier alpha value is -1.77. The van der Waals surface area contributed by atoms with Gasteiger partial charge >= 0.3 is 5.97 Å². The van der Waals surface area contributed by atoms with Crippen LogP contribution in [-0.2, 0) is 9.47 Å². The van der Waals surface area contributed by atoms with E-state index in [1.165, 1.54) is 6.07 Å². The molecule has 6 heteroatoms. The van der Waals surface area contributed by atoms with Gasteiger partial charge in [0, 0.05) is 5.69 Å². The Kier molecular flexibility index (Phi) is 6.29. The molecule has 0 atom stereocenters. The van der Waals surface area contributed by atoms with Crippen molar-refractivity contribution in [3.05, 3.63) is 28.8 Å².